The highest BCUT2D eigenvalue weighted by Crippen LogP contribution is 2.20. The van der Waals surface area contributed by atoms with Gasteiger partial charge in [-0.2, -0.15) is 0 Å². The van der Waals surface area contributed by atoms with Gasteiger partial charge in [0, 0.05) is 12.2 Å². The van der Waals surface area contributed by atoms with E-state index in [1.54, 1.807) is 18.5 Å². The van der Waals surface area contributed by atoms with Crippen LogP contribution in [0.25, 0.3) is 0 Å². The van der Waals surface area contributed by atoms with E-state index in [1.807, 2.05) is 0 Å². The van der Waals surface area contributed by atoms with Gasteiger partial charge in [-0.05, 0) is 18.9 Å². The summed E-state index contributed by atoms with van der Waals surface area (Å²) in [6, 6.07) is 2.29. The van der Waals surface area contributed by atoms with Gasteiger partial charge in [-0.1, -0.05) is 25.4 Å². The van der Waals surface area contributed by atoms with E-state index in [4.69, 9.17) is 11.6 Å². The molecule has 0 saturated carbocycles. The predicted molar refractivity (Wildman–Crippen MR) is 57.2 cm³/mol. The van der Waals surface area contributed by atoms with Gasteiger partial charge in [0.15, 0.2) is 0 Å². The lowest BCUT2D eigenvalue weighted by molar-refractivity contribution is 0.671. The monoisotopic (exact) mass is 198 g/mol. The van der Waals surface area contributed by atoms with Gasteiger partial charge in [-0.15, -0.1) is 0 Å². The molecule has 0 aromatic carbocycles. The van der Waals surface area contributed by atoms with Gasteiger partial charge in [0.05, 0.1) is 16.9 Å². The first-order valence-corrected chi connectivity index (χ1v) is 5.01. The zero-order chi connectivity index (χ0) is 9.68. The van der Waals surface area contributed by atoms with Crippen molar-refractivity contribution >= 4 is 17.3 Å². The van der Waals surface area contributed by atoms with Crippen LogP contribution >= 0.6 is 11.6 Å². The number of hydrogen-bond acceptors (Lipinski definition) is 2. The lowest BCUT2D eigenvalue weighted by Gasteiger charge is -2.16. The quantitative estimate of drug-likeness (QED) is 0.803. The van der Waals surface area contributed by atoms with Gasteiger partial charge in [-0.25, -0.2) is 0 Å². The molecule has 1 N–H and O–H groups in total. The van der Waals surface area contributed by atoms with Crippen LogP contribution in [0, 0.1) is 0 Å². The van der Waals surface area contributed by atoms with Crippen LogP contribution in [0.1, 0.15) is 26.7 Å². The van der Waals surface area contributed by atoms with Crippen molar-refractivity contribution in [2.45, 2.75) is 32.7 Å². The molecule has 0 atom stereocenters. The minimum absolute atomic E-state index is 0.488. The number of aromatic nitrogens is 1. The zero-order valence-corrected chi connectivity index (χ0v) is 8.80. The summed E-state index contributed by atoms with van der Waals surface area (Å²) in [5.41, 5.74) is 0.929. The van der Waals surface area contributed by atoms with Crippen molar-refractivity contribution in [3.8, 4) is 0 Å². The Hall–Kier alpha value is -0.760. The molecule has 1 aromatic rings. The molecule has 3 heteroatoms. The normalized spacial score (nSPS) is 10.5. The SMILES string of the molecule is CCC(CC)Nc1cnccc1Cl. The van der Waals surface area contributed by atoms with Gasteiger partial charge in [0.25, 0.3) is 0 Å². The zero-order valence-electron chi connectivity index (χ0n) is 8.05. The molecule has 72 valence electrons. The summed E-state index contributed by atoms with van der Waals surface area (Å²) in [6.07, 6.45) is 5.66. The number of halogens is 1. The van der Waals surface area contributed by atoms with Gasteiger partial charge in [-0.3, -0.25) is 4.98 Å². The maximum atomic E-state index is 5.98. The molecular formula is C10H15ClN2. The summed E-state index contributed by atoms with van der Waals surface area (Å²) in [6.45, 7) is 4.32. The lowest BCUT2D eigenvalue weighted by atomic mass is 10.1. The van der Waals surface area contributed by atoms with Crippen LogP contribution in [-0.2, 0) is 0 Å². The molecule has 0 radical (unpaired) electrons. The van der Waals surface area contributed by atoms with Crippen molar-refractivity contribution < 1.29 is 0 Å². The molecular weight excluding hydrogens is 184 g/mol. The van der Waals surface area contributed by atoms with Crippen molar-refractivity contribution in [1.29, 1.82) is 0 Å². The Morgan fingerprint density at radius 3 is 2.69 bits per heavy atom. The smallest absolute Gasteiger partial charge is 0.0718 e. The van der Waals surface area contributed by atoms with Crippen molar-refractivity contribution in [2.24, 2.45) is 0 Å². The second-order valence-electron chi connectivity index (χ2n) is 3.01. The fourth-order valence-electron chi connectivity index (χ4n) is 1.20. The van der Waals surface area contributed by atoms with E-state index in [-0.39, 0.29) is 0 Å². The summed E-state index contributed by atoms with van der Waals surface area (Å²) in [5.74, 6) is 0. The van der Waals surface area contributed by atoms with E-state index in [0.717, 1.165) is 23.6 Å². The summed E-state index contributed by atoms with van der Waals surface area (Å²) < 4.78 is 0. The lowest BCUT2D eigenvalue weighted by Crippen LogP contribution is -2.17. The topological polar surface area (TPSA) is 24.9 Å². The van der Waals surface area contributed by atoms with E-state index < -0.39 is 0 Å². The Kier molecular flexibility index (Phi) is 4.03. The summed E-state index contributed by atoms with van der Waals surface area (Å²) in [5, 5.41) is 4.09. The van der Waals surface area contributed by atoms with Crippen LogP contribution in [0.3, 0.4) is 0 Å². The molecule has 2 nitrogen and oxygen atoms in total. The van der Waals surface area contributed by atoms with Gasteiger partial charge in [0.2, 0.25) is 0 Å². The van der Waals surface area contributed by atoms with Crippen LogP contribution in [0.15, 0.2) is 18.5 Å². The summed E-state index contributed by atoms with van der Waals surface area (Å²) >= 11 is 5.98. The number of pyridine rings is 1. The molecule has 0 fully saturated rings. The van der Waals surface area contributed by atoms with Crippen molar-refractivity contribution in [3.63, 3.8) is 0 Å². The third-order valence-corrected chi connectivity index (χ3v) is 2.44. The maximum Gasteiger partial charge on any atom is 0.0718 e. The highest BCUT2D eigenvalue weighted by atomic mass is 35.5. The third kappa shape index (κ3) is 2.88. The van der Waals surface area contributed by atoms with Crippen LogP contribution < -0.4 is 5.32 Å². The van der Waals surface area contributed by atoms with Crippen LogP contribution in [0.5, 0.6) is 0 Å². The Morgan fingerprint density at radius 1 is 1.46 bits per heavy atom. The average molecular weight is 199 g/mol. The summed E-state index contributed by atoms with van der Waals surface area (Å²) in [4.78, 5) is 4.02. The van der Waals surface area contributed by atoms with Crippen LogP contribution in [-0.4, -0.2) is 11.0 Å². The van der Waals surface area contributed by atoms with Gasteiger partial charge < -0.3 is 5.32 Å². The van der Waals surface area contributed by atoms with E-state index >= 15 is 0 Å². The fraction of sp³-hybridized carbons (Fsp3) is 0.500. The third-order valence-electron chi connectivity index (χ3n) is 2.11. The standard InChI is InChI=1S/C10H15ClN2/c1-3-8(4-2)13-10-7-12-6-5-9(10)11/h5-8,13H,3-4H2,1-2H3. The molecule has 13 heavy (non-hydrogen) atoms. The van der Waals surface area contributed by atoms with E-state index in [2.05, 4.69) is 24.1 Å². The molecule has 1 heterocycles. The molecule has 1 rings (SSSR count). The van der Waals surface area contributed by atoms with Gasteiger partial charge >= 0.3 is 0 Å². The molecule has 0 amide bonds. The second-order valence-corrected chi connectivity index (χ2v) is 3.42. The fourth-order valence-corrected chi connectivity index (χ4v) is 1.36. The first-order chi connectivity index (χ1) is 6.27. The second kappa shape index (κ2) is 5.07. The highest BCUT2D eigenvalue weighted by Gasteiger charge is 2.05. The van der Waals surface area contributed by atoms with E-state index in [1.165, 1.54) is 0 Å². The molecule has 0 aliphatic heterocycles. The Bertz CT molecular complexity index is 259. The molecule has 0 aliphatic rings. The number of anilines is 1. The van der Waals surface area contributed by atoms with Gasteiger partial charge in [0.1, 0.15) is 0 Å². The minimum atomic E-state index is 0.488. The number of hydrogen-bond donors (Lipinski definition) is 1. The average Bonchev–Trinajstić information content (AvgIpc) is 2.17. The Labute approximate surface area is 84.3 Å². The van der Waals surface area contributed by atoms with Crippen molar-refractivity contribution in [3.05, 3.63) is 23.5 Å². The molecule has 0 spiro atoms. The Balaban J connectivity index is 2.67. The van der Waals surface area contributed by atoms with E-state index in [0.29, 0.717) is 6.04 Å². The maximum absolute atomic E-state index is 5.98. The molecule has 0 bridgehead atoms. The molecule has 0 saturated heterocycles. The van der Waals surface area contributed by atoms with Crippen molar-refractivity contribution in [1.82, 2.24) is 4.98 Å². The van der Waals surface area contributed by atoms with Crippen molar-refractivity contribution in [2.75, 3.05) is 5.32 Å². The molecule has 1 aromatic heterocycles. The highest BCUT2D eigenvalue weighted by molar-refractivity contribution is 6.33. The molecule has 0 aliphatic carbocycles. The summed E-state index contributed by atoms with van der Waals surface area (Å²) in [7, 11) is 0. The molecule has 0 unspecified atom stereocenters. The van der Waals surface area contributed by atoms with E-state index in [9.17, 15) is 0 Å². The first kappa shape index (κ1) is 10.3. The largest absolute Gasteiger partial charge is 0.380 e. The predicted octanol–water partition coefficient (Wildman–Crippen LogP) is 3.34. The number of nitrogens with one attached hydrogen (secondary N) is 1. The van der Waals surface area contributed by atoms with Crippen LogP contribution in [0.2, 0.25) is 5.02 Å². The first-order valence-electron chi connectivity index (χ1n) is 4.64. The Morgan fingerprint density at radius 2 is 2.15 bits per heavy atom. The number of rotatable bonds is 4. The number of nitrogens with zero attached hydrogens (tertiary/aromatic N) is 1. The minimum Gasteiger partial charge on any atom is -0.380 e. The van der Waals surface area contributed by atoms with Crippen LogP contribution in [0.4, 0.5) is 5.69 Å².